The second kappa shape index (κ2) is 11.4. The molecular weight excluding hydrogens is 582 g/mol. The Bertz CT molecular complexity index is 1760. The predicted octanol–water partition coefficient (Wildman–Crippen LogP) is 4.53. The first-order valence-corrected chi connectivity index (χ1v) is 13.4. The zero-order chi connectivity index (χ0) is 27.5. The van der Waals surface area contributed by atoms with Gasteiger partial charge in [-0.3, -0.25) is 14.2 Å². The average Bonchev–Trinajstić information content (AvgIpc) is 3.36. The Morgan fingerprint density at radius 1 is 0.897 bits per heavy atom. The van der Waals surface area contributed by atoms with Crippen LogP contribution in [0, 0.1) is 0 Å². The molecular formula is C29H25BrClN5O3. The van der Waals surface area contributed by atoms with Gasteiger partial charge >= 0.3 is 5.69 Å². The Kier molecular flexibility index (Phi) is 7.81. The van der Waals surface area contributed by atoms with Gasteiger partial charge in [0, 0.05) is 24.6 Å². The van der Waals surface area contributed by atoms with Crippen LogP contribution in [-0.2, 0) is 31.0 Å². The number of carbonyl (C=O) groups is 1. The molecule has 5 rings (SSSR count). The second-order valence-corrected chi connectivity index (χ2v) is 10.4. The van der Waals surface area contributed by atoms with Gasteiger partial charge in [-0.05, 0) is 38.7 Å². The van der Waals surface area contributed by atoms with Gasteiger partial charge in [0.25, 0.3) is 5.56 Å². The highest BCUT2D eigenvalue weighted by atomic mass is 79.9. The smallest absolute Gasteiger partial charge is 0.333 e. The molecule has 5 aromatic rings. The maximum absolute atomic E-state index is 13.7. The molecule has 10 heteroatoms. The van der Waals surface area contributed by atoms with Crippen LogP contribution >= 0.6 is 27.5 Å². The number of carbonyl (C=O) groups excluding carboxylic acids is 1. The highest BCUT2D eigenvalue weighted by Crippen LogP contribution is 2.27. The highest BCUT2D eigenvalue weighted by Gasteiger charge is 2.22. The van der Waals surface area contributed by atoms with Crippen LogP contribution in [0.3, 0.4) is 0 Å². The molecule has 2 aromatic heterocycles. The number of benzene rings is 3. The van der Waals surface area contributed by atoms with E-state index < -0.39 is 17.8 Å². The SMILES string of the molecule is CN(Cc1cccc(Cl)c1Br)C(=O)Cn1c(=O)c2c(ncn2Cc2ccccc2)n(Cc2ccccc2)c1=O. The number of hydrogen-bond acceptors (Lipinski definition) is 4. The third-order valence-electron chi connectivity index (χ3n) is 6.52. The average molecular weight is 607 g/mol. The topological polar surface area (TPSA) is 82.1 Å². The van der Waals surface area contributed by atoms with Crippen molar-refractivity contribution in [3.63, 3.8) is 0 Å². The lowest BCUT2D eigenvalue weighted by atomic mass is 10.2. The van der Waals surface area contributed by atoms with Gasteiger partial charge in [0.1, 0.15) is 6.54 Å². The fourth-order valence-corrected chi connectivity index (χ4v) is 5.04. The zero-order valence-corrected chi connectivity index (χ0v) is 23.5. The minimum atomic E-state index is -0.591. The summed E-state index contributed by atoms with van der Waals surface area (Å²) < 4.78 is 4.87. The molecule has 0 unspecified atom stereocenters. The Morgan fingerprint density at radius 2 is 1.54 bits per heavy atom. The number of halogens is 2. The van der Waals surface area contributed by atoms with Crippen molar-refractivity contribution in [1.29, 1.82) is 0 Å². The largest absolute Gasteiger partial charge is 0.340 e. The van der Waals surface area contributed by atoms with Crippen molar-refractivity contribution >= 4 is 44.6 Å². The summed E-state index contributed by atoms with van der Waals surface area (Å²) in [4.78, 5) is 46.6. The molecule has 0 fully saturated rings. The maximum atomic E-state index is 13.7. The van der Waals surface area contributed by atoms with Crippen LogP contribution < -0.4 is 11.2 Å². The first-order chi connectivity index (χ1) is 18.8. The Morgan fingerprint density at radius 3 is 2.21 bits per heavy atom. The number of nitrogens with zero attached hydrogens (tertiary/aromatic N) is 5. The van der Waals surface area contributed by atoms with E-state index >= 15 is 0 Å². The third kappa shape index (κ3) is 5.60. The summed E-state index contributed by atoms with van der Waals surface area (Å²) in [6.07, 6.45) is 1.56. The first kappa shape index (κ1) is 26.6. The Hall–Kier alpha value is -3.95. The van der Waals surface area contributed by atoms with E-state index in [4.69, 9.17) is 11.6 Å². The van der Waals surface area contributed by atoms with Crippen LogP contribution in [0.2, 0.25) is 5.02 Å². The summed E-state index contributed by atoms with van der Waals surface area (Å²) in [5.41, 5.74) is 2.06. The van der Waals surface area contributed by atoms with Crippen molar-refractivity contribution in [3.8, 4) is 0 Å². The maximum Gasteiger partial charge on any atom is 0.333 e. The fraction of sp³-hybridized carbons (Fsp3) is 0.172. The van der Waals surface area contributed by atoms with Gasteiger partial charge < -0.3 is 9.47 Å². The number of fused-ring (bicyclic) bond motifs is 1. The van der Waals surface area contributed by atoms with E-state index in [1.165, 1.54) is 9.47 Å². The monoisotopic (exact) mass is 605 g/mol. The molecule has 0 aliphatic rings. The Balaban J connectivity index is 1.56. The fourth-order valence-electron chi connectivity index (χ4n) is 4.46. The van der Waals surface area contributed by atoms with Gasteiger partial charge in [-0.1, -0.05) is 84.4 Å². The minimum absolute atomic E-state index is 0.207. The molecule has 2 heterocycles. The zero-order valence-electron chi connectivity index (χ0n) is 21.1. The molecule has 0 bridgehead atoms. The van der Waals surface area contributed by atoms with Crippen molar-refractivity contribution in [2.24, 2.45) is 0 Å². The van der Waals surface area contributed by atoms with Gasteiger partial charge in [0.05, 0.1) is 17.9 Å². The number of likely N-dealkylation sites (N-methyl/N-ethyl adjacent to an activating group) is 1. The molecule has 0 atom stereocenters. The number of hydrogen-bond donors (Lipinski definition) is 0. The number of amides is 1. The molecule has 0 saturated carbocycles. The molecule has 0 spiro atoms. The van der Waals surface area contributed by atoms with E-state index in [2.05, 4.69) is 20.9 Å². The molecule has 0 aliphatic heterocycles. The van der Waals surface area contributed by atoms with Gasteiger partial charge in [-0.15, -0.1) is 0 Å². The van der Waals surface area contributed by atoms with Gasteiger partial charge in [0.15, 0.2) is 11.2 Å². The van der Waals surface area contributed by atoms with E-state index in [0.29, 0.717) is 16.0 Å². The van der Waals surface area contributed by atoms with E-state index in [-0.39, 0.29) is 30.2 Å². The van der Waals surface area contributed by atoms with Gasteiger partial charge in [-0.2, -0.15) is 0 Å². The summed E-state index contributed by atoms with van der Waals surface area (Å²) >= 11 is 9.66. The van der Waals surface area contributed by atoms with Gasteiger partial charge in [0.2, 0.25) is 5.91 Å². The quantitative estimate of drug-likeness (QED) is 0.260. The molecule has 0 aliphatic carbocycles. The number of rotatable bonds is 8. The van der Waals surface area contributed by atoms with E-state index in [0.717, 1.165) is 21.3 Å². The molecule has 3 aromatic carbocycles. The third-order valence-corrected chi connectivity index (χ3v) is 8.00. The predicted molar refractivity (Wildman–Crippen MR) is 155 cm³/mol. The van der Waals surface area contributed by atoms with Crippen molar-refractivity contribution < 1.29 is 4.79 Å². The lowest BCUT2D eigenvalue weighted by Gasteiger charge is -2.19. The van der Waals surface area contributed by atoms with Crippen LogP contribution in [0.5, 0.6) is 0 Å². The number of aromatic nitrogens is 4. The lowest BCUT2D eigenvalue weighted by Crippen LogP contribution is -2.44. The molecule has 0 N–H and O–H groups in total. The molecule has 0 radical (unpaired) electrons. The highest BCUT2D eigenvalue weighted by molar-refractivity contribution is 9.10. The summed E-state index contributed by atoms with van der Waals surface area (Å²) in [5.74, 6) is -0.388. The summed E-state index contributed by atoms with van der Waals surface area (Å²) in [6.45, 7) is 0.444. The van der Waals surface area contributed by atoms with E-state index in [9.17, 15) is 14.4 Å². The van der Waals surface area contributed by atoms with Crippen molar-refractivity contribution in [3.05, 3.63) is 132 Å². The molecule has 8 nitrogen and oxygen atoms in total. The van der Waals surface area contributed by atoms with Crippen molar-refractivity contribution in [2.45, 2.75) is 26.2 Å². The van der Waals surface area contributed by atoms with Gasteiger partial charge in [-0.25, -0.2) is 14.3 Å². The van der Waals surface area contributed by atoms with E-state index in [1.54, 1.807) is 30.1 Å². The van der Waals surface area contributed by atoms with Crippen LogP contribution in [0.1, 0.15) is 16.7 Å². The summed E-state index contributed by atoms with van der Waals surface area (Å²) in [7, 11) is 1.63. The van der Waals surface area contributed by atoms with E-state index in [1.807, 2.05) is 66.7 Å². The standard InChI is InChI=1S/C29H25BrClN5O3/c1-33(17-22-13-8-14-23(31)25(22)30)24(37)18-36-28(38)26-27(32-19-34(26)15-20-9-4-2-5-10-20)35(29(36)39)16-21-11-6-3-7-12-21/h2-14,19H,15-18H2,1H3. The van der Waals surface area contributed by atoms with Crippen LogP contribution in [0.25, 0.3) is 11.2 Å². The normalized spacial score (nSPS) is 11.2. The molecule has 0 saturated heterocycles. The molecule has 198 valence electrons. The first-order valence-electron chi connectivity index (χ1n) is 12.3. The van der Waals surface area contributed by atoms with Crippen molar-refractivity contribution in [2.75, 3.05) is 7.05 Å². The minimum Gasteiger partial charge on any atom is -0.340 e. The second-order valence-electron chi connectivity index (χ2n) is 9.24. The summed E-state index contributed by atoms with van der Waals surface area (Å²) in [6, 6.07) is 24.5. The van der Waals surface area contributed by atoms with Crippen LogP contribution in [-0.4, -0.2) is 36.5 Å². The summed E-state index contributed by atoms with van der Waals surface area (Å²) in [5, 5.41) is 0.533. The van der Waals surface area contributed by atoms with Crippen LogP contribution in [0.4, 0.5) is 0 Å². The van der Waals surface area contributed by atoms with Crippen molar-refractivity contribution in [1.82, 2.24) is 23.6 Å². The molecule has 1 amide bonds. The Labute approximate surface area is 237 Å². The number of imidazole rings is 1. The lowest BCUT2D eigenvalue weighted by molar-refractivity contribution is -0.131. The molecule has 39 heavy (non-hydrogen) atoms. The van der Waals surface area contributed by atoms with Crippen LogP contribution in [0.15, 0.2) is 99.3 Å².